The lowest BCUT2D eigenvalue weighted by atomic mass is 9.99. The molecule has 6 nitrogen and oxygen atoms in total. The minimum absolute atomic E-state index is 0. The number of amides is 1. The lowest BCUT2D eigenvalue weighted by Crippen LogP contribution is -2.52. The predicted molar refractivity (Wildman–Crippen MR) is 140 cm³/mol. The van der Waals surface area contributed by atoms with E-state index in [2.05, 4.69) is 61.9 Å². The lowest BCUT2D eigenvalue weighted by molar-refractivity contribution is -0.132. The van der Waals surface area contributed by atoms with Gasteiger partial charge in [0.15, 0.2) is 5.96 Å². The number of thiophene rings is 1. The fourth-order valence-electron chi connectivity index (χ4n) is 4.23. The molecule has 1 N–H and O–H groups in total. The fraction of sp³-hybridized carbons (Fsp3) is 0.478. The Balaban J connectivity index is 0.00000272. The second-order valence-corrected chi connectivity index (χ2v) is 8.76. The summed E-state index contributed by atoms with van der Waals surface area (Å²) in [6.07, 6.45) is 2.37. The van der Waals surface area contributed by atoms with Gasteiger partial charge in [-0.05, 0) is 41.5 Å². The molecule has 1 aromatic carbocycles. The first-order valence-corrected chi connectivity index (χ1v) is 11.7. The van der Waals surface area contributed by atoms with Crippen molar-refractivity contribution in [2.24, 2.45) is 4.99 Å². The molecule has 168 valence electrons. The Labute approximate surface area is 206 Å². The molecule has 0 spiro atoms. The molecule has 8 heteroatoms. The van der Waals surface area contributed by atoms with E-state index in [9.17, 15) is 4.79 Å². The fourth-order valence-corrected chi connectivity index (χ4v) is 5.01. The molecular weight excluding hydrogens is 521 g/mol. The molecule has 2 aliphatic rings. The maximum atomic E-state index is 12.6. The first-order chi connectivity index (χ1) is 14.7. The molecular formula is C23H32IN5OS. The van der Waals surface area contributed by atoms with Crippen LogP contribution >= 0.6 is 35.3 Å². The van der Waals surface area contributed by atoms with Crippen LogP contribution in [0, 0.1) is 0 Å². The van der Waals surface area contributed by atoms with Crippen LogP contribution in [0.5, 0.6) is 0 Å². The Morgan fingerprint density at radius 2 is 1.81 bits per heavy atom. The molecule has 1 aromatic heterocycles. The maximum absolute atomic E-state index is 12.6. The summed E-state index contributed by atoms with van der Waals surface area (Å²) in [6.45, 7) is 6.30. The van der Waals surface area contributed by atoms with Crippen LogP contribution in [0.1, 0.15) is 24.0 Å². The summed E-state index contributed by atoms with van der Waals surface area (Å²) in [5, 5.41) is 6.93. The van der Waals surface area contributed by atoms with Crippen molar-refractivity contribution in [1.82, 2.24) is 15.1 Å². The number of hydrogen-bond acceptors (Lipinski definition) is 4. The van der Waals surface area contributed by atoms with Crippen molar-refractivity contribution in [3.05, 3.63) is 52.9 Å². The Kier molecular flexibility index (Phi) is 9.01. The number of rotatable bonds is 5. The van der Waals surface area contributed by atoms with Gasteiger partial charge in [0.2, 0.25) is 5.91 Å². The number of fused-ring (bicyclic) bond motifs is 1. The highest BCUT2D eigenvalue weighted by Crippen LogP contribution is 2.22. The zero-order valence-corrected chi connectivity index (χ0v) is 21.3. The van der Waals surface area contributed by atoms with Gasteiger partial charge in [0.1, 0.15) is 0 Å². The van der Waals surface area contributed by atoms with Crippen molar-refractivity contribution in [2.45, 2.75) is 25.8 Å². The van der Waals surface area contributed by atoms with Gasteiger partial charge in [0.05, 0.1) is 5.00 Å². The number of nitrogens with one attached hydrogen (secondary N) is 1. The summed E-state index contributed by atoms with van der Waals surface area (Å²) in [6, 6.07) is 12.7. The van der Waals surface area contributed by atoms with Crippen LogP contribution in [0.4, 0.5) is 5.00 Å². The summed E-state index contributed by atoms with van der Waals surface area (Å²) in [5.74, 6) is 1.20. The van der Waals surface area contributed by atoms with Gasteiger partial charge in [-0.2, -0.15) is 0 Å². The zero-order valence-electron chi connectivity index (χ0n) is 18.1. The van der Waals surface area contributed by atoms with Crippen LogP contribution in [0.2, 0.25) is 0 Å². The second kappa shape index (κ2) is 11.7. The summed E-state index contributed by atoms with van der Waals surface area (Å²) in [4.78, 5) is 23.8. The van der Waals surface area contributed by atoms with Gasteiger partial charge in [-0.15, -0.1) is 35.3 Å². The molecule has 2 aromatic rings. The Bertz CT molecular complexity index is 865. The van der Waals surface area contributed by atoms with E-state index >= 15 is 0 Å². The van der Waals surface area contributed by atoms with E-state index in [0.29, 0.717) is 6.42 Å². The monoisotopic (exact) mass is 553 g/mol. The van der Waals surface area contributed by atoms with E-state index in [0.717, 1.165) is 64.6 Å². The standard InChI is InChI=1S/C23H31N5OS.HI/c1-24-23(27-15-13-26(14-16-27)22-9-5-17-30-22)25-11-4-8-21(29)28-12-10-19-6-2-3-7-20(19)18-28;/h2-3,5-7,9,17H,4,8,10-16,18H2,1H3,(H,24,25);1H. The highest BCUT2D eigenvalue weighted by molar-refractivity contribution is 14.0. The molecule has 4 rings (SSSR count). The molecule has 0 saturated carbocycles. The van der Waals surface area contributed by atoms with Crippen molar-refractivity contribution in [2.75, 3.05) is 51.2 Å². The molecule has 3 heterocycles. The molecule has 1 saturated heterocycles. The molecule has 0 bridgehead atoms. The smallest absolute Gasteiger partial charge is 0.222 e. The molecule has 31 heavy (non-hydrogen) atoms. The number of carbonyl (C=O) groups is 1. The van der Waals surface area contributed by atoms with Crippen LogP contribution in [-0.2, 0) is 17.8 Å². The quantitative estimate of drug-likeness (QED) is 0.267. The lowest BCUT2D eigenvalue weighted by Gasteiger charge is -2.37. The van der Waals surface area contributed by atoms with Crippen molar-refractivity contribution in [3.8, 4) is 0 Å². The number of nitrogens with zero attached hydrogens (tertiary/aromatic N) is 4. The molecule has 1 amide bonds. The largest absolute Gasteiger partial charge is 0.360 e. The average Bonchev–Trinajstić information content (AvgIpc) is 3.34. The van der Waals surface area contributed by atoms with E-state index < -0.39 is 0 Å². The number of carbonyl (C=O) groups excluding carboxylic acids is 1. The Morgan fingerprint density at radius 3 is 2.52 bits per heavy atom. The summed E-state index contributed by atoms with van der Waals surface area (Å²) in [7, 11) is 1.84. The van der Waals surface area contributed by atoms with E-state index in [1.54, 1.807) is 11.3 Å². The first kappa shape index (κ1) is 23.8. The van der Waals surface area contributed by atoms with Crippen LogP contribution in [-0.4, -0.2) is 68.0 Å². The van der Waals surface area contributed by atoms with Gasteiger partial charge >= 0.3 is 0 Å². The number of halogens is 1. The molecule has 0 atom stereocenters. The van der Waals surface area contributed by atoms with Crippen molar-refractivity contribution >= 4 is 52.2 Å². The summed E-state index contributed by atoms with van der Waals surface area (Å²) < 4.78 is 0. The van der Waals surface area contributed by atoms with E-state index in [4.69, 9.17) is 0 Å². The Morgan fingerprint density at radius 1 is 1.03 bits per heavy atom. The van der Waals surface area contributed by atoms with Crippen molar-refractivity contribution < 1.29 is 4.79 Å². The number of hydrogen-bond donors (Lipinski definition) is 1. The molecule has 0 aliphatic carbocycles. The Hall–Kier alpha value is -1.81. The van der Waals surface area contributed by atoms with E-state index in [-0.39, 0.29) is 29.9 Å². The molecule has 2 aliphatic heterocycles. The summed E-state index contributed by atoms with van der Waals surface area (Å²) in [5.41, 5.74) is 2.67. The van der Waals surface area contributed by atoms with E-state index in [1.165, 1.54) is 16.1 Å². The van der Waals surface area contributed by atoms with Gasteiger partial charge in [-0.3, -0.25) is 9.79 Å². The minimum Gasteiger partial charge on any atom is -0.360 e. The van der Waals surface area contributed by atoms with Crippen molar-refractivity contribution in [3.63, 3.8) is 0 Å². The SMILES string of the molecule is CN=C(NCCCC(=O)N1CCc2ccccc2C1)N1CCN(c2cccs2)CC1.I. The number of anilines is 1. The van der Waals surface area contributed by atoms with Gasteiger partial charge in [0, 0.05) is 59.3 Å². The topological polar surface area (TPSA) is 51.2 Å². The van der Waals surface area contributed by atoms with Gasteiger partial charge in [-0.25, -0.2) is 0 Å². The second-order valence-electron chi connectivity index (χ2n) is 7.84. The van der Waals surface area contributed by atoms with Crippen LogP contribution in [0.3, 0.4) is 0 Å². The molecule has 0 radical (unpaired) electrons. The third kappa shape index (κ3) is 6.12. The van der Waals surface area contributed by atoms with Gasteiger partial charge in [0.25, 0.3) is 0 Å². The number of piperazine rings is 1. The van der Waals surface area contributed by atoms with Crippen LogP contribution in [0.25, 0.3) is 0 Å². The van der Waals surface area contributed by atoms with Gasteiger partial charge < -0.3 is 20.0 Å². The molecule has 0 unspecified atom stereocenters. The van der Waals surface area contributed by atoms with Crippen LogP contribution in [0.15, 0.2) is 46.8 Å². The maximum Gasteiger partial charge on any atom is 0.222 e. The third-order valence-corrected chi connectivity index (χ3v) is 6.87. The highest BCUT2D eigenvalue weighted by atomic mass is 127. The minimum atomic E-state index is 0. The summed E-state index contributed by atoms with van der Waals surface area (Å²) >= 11 is 1.80. The van der Waals surface area contributed by atoms with Crippen molar-refractivity contribution in [1.29, 1.82) is 0 Å². The van der Waals surface area contributed by atoms with Crippen LogP contribution < -0.4 is 10.2 Å². The normalized spacial score (nSPS) is 16.5. The number of guanidine groups is 1. The third-order valence-electron chi connectivity index (χ3n) is 5.94. The highest BCUT2D eigenvalue weighted by Gasteiger charge is 2.21. The zero-order chi connectivity index (χ0) is 20.8. The first-order valence-electron chi connectivity index (χ1n) is 10.8. The van der Waals surface area contributed by atoms with Gasteiger partial charge in [-0.1, -0.05) is 24.3 Å². The average molecular weight is 554 g/mol. The van der Waals surface area contributed by atoms with E-state index in [1.807, 2.05) is 11.9 Å². The number of aliphatic imine (C=N–C) groups is 1. The molecule has 1 fully saturated rings. The predicted octanol–water partition coefficient (Wildman–Crippen LogP) is 3.43. The number of benzene rings is 1.